The van der Waals surface area contributed by atoms with Crippen LogP contribution in [0.4, 0.5) is 0 Å². The number of carbonyl (C=O) groups excluding carboxylic acids is 6. The Balaban J connectivity index is 5.36. The first kappa shape index (κ1) is 29.2. The van der Waals surface area contributed by atoms with E-state index in [1.54, 1.807) is 0 Å². The Morgan fingerprint density at radius 2 is 1.09 bits per heavy atom. The molecule has 0 saturated heterocycles. The van der Waals surface area contributed by atoms with E-state index in [9.17, 15) is 43.8 Å². The Morgan fingerprint density at radius 3 is 1.52 bits per heavy atom. The van der Waals surface area contributed by atoms with Crippen LogP contribution in [0.1, 0.15) is 32.1 Å². The van der Waals surface area contributed by atoms with Gasteiger partial charge in [0.15, 0.2) is 0 Å². The molecule has 0 heterocycles. The molecule has 186 valence electrons. The molecule has 16 heteroatoms. The third-order valence-corrected chi connectivity index (χ3v) is 4.18. The summed E-state index contributed by atoms with van der Waals surface area (Å²) in [7, 11) is 0. The monoisotopic (exact) mass is 475 g/mol. The molecule has 4 atom stereocenters. The van der Waals surface area contributed by atoms with E-state index in [-0.39, 0.29) is 25.7 Å². The fourth-order valence-corrected chi connectivity index (χ4v) is 2.43. The molecular formula is C17H29N7O9. The minimum atomic E-state index is -1.61. The fourth-order valence-electron chi connectivity index (χ4n) is 2.43. The number of nitrogens with two attached hydrogens (primary N) is 4. The van der Waals surface area contributed by atoms with Crippen molar-refractivity contribution >= 4 is 41.4 Å². The molecule has 16 nitrogen and oxygen atoms in total. The highest BCUT2D eigenvalue weighted by Gasteiger charge is 2.30. The second-order valence-electron chi connectivity index (χ2n) is 6.99. The average Bonchev–Trinajstić information content (AvgIpc) is 2.70. The van der Waals surface area contributed by atoms with Gasteiger partial charge in [0.1, 0.15) is 18.1 Å². The molecule has 6 amide bonds. The van der Waals surface area contributed by atoms with Gasteiger partial charge in [-0.2, -0.15) is 0 Å². The van der Waals surface area contributed by atoms with Gasteiger partial charge in [-0.15, -0.1) is 0 Å². The number of nitrogens with one attached hydrogen (secondary N) is 3. The molecule has 0 rings (SSSR count). The van der Waals surface area contributed by atoms with Crippen LogP contribution in [0.5, 0.6) is 0 Å². The number of hydrogen-bond acceptors (Lipinski definition) is 9. The van der Waals surface area contributed by atoms with Crippen LogP contribution in [-0.2, 0) is 33.6 Å². The zero-order valence-electron chi connectivity index (χ0n) is 17.6. The van der Waals surface area contributed by atoms with Crippen molar-refractivity contribution in [3.63, 3.8) is 0 Å². The SMILES string of the molecule is NC(=O)CCC(NC(=O)C(CCC(N)=O)NC(=O)C(CO)NC(=O)C(N)CC(N)=O)C(=O)O. The number of primary amides is 3. The van der Waals surface area contributed by atoms with Crippen LogP contribution in [0.3, 0.4) is 0 Å². The summed E-state index contributed by atoms with van der Waals surface area (Å²) >= 11 is 0. The first-order valence-electron chi connectivity index (χ1n) is 9.63. The summed E-state index contributed by atoms with van der Waals surface area (Å²) in [6.07, 6.45) is -1.93. The molecule has 0 aliphatic carbocycles. The highest BCUT2D eigenvalue weighted by atomic mass is 16.4. The van der Waals surface area contributed by atoms with Crippen molar-refractivity contribution in [2.24, 2.45) is 22.9 Å². The molecule has 0 aromatic carbocycles. The maximum atomic E-state index is 12.5. The second kappa shape index (κ2) is 14.3. The van der Waals surface area contributed by atoms with Crippen LogP contribution in [0, 0.1) is 0 Å². The molecule has 0 aromatic heterocycles. The lowest BCUT2D eigenvalue weighted by molar-refractivity contribution is -0.142. The van der Waals surface area contributed by atoms with Crippen molar-refractivity contribution in [2.75, 3.05) is 6.61 Å². The summed E-state index contributed by atoms with van der Waals surface area (Å²) in [6, 6.07) is -6.03. The molecule has 0 aliphatic heterocycles. The number of carboxylic acid groups (broad SMARTS) is 1. The lowest BCUT2D eigenvalue weighted by Gasteiger charge is -2.24. The van der Waals surface area contributed by atoms with Crippen molar-refractivity contribution in [1.82, 2.24) is 16.0 Å². The van der Waals surface area contributed by atoms with Gasteiger partial charge in [-0.25, -0.2) is 4.79 Å². The number of aliphatic hydroxyl groups excluding tert-OH is 1. The molecule has 0 aliphatic rings. The minimum Gasteiger partial charge on any atom is -0.480 e. The molecule has 0 radical (unpaired) electrons. The summed E-state index contributed by atoms with van der Waals surface area (Å²) in [6.45, 7) is -0.929. The molecule has 0 spiro atoms. The van der Waals surface area contributed by atoms with Gasteiger partial charge in [0.05, 0.1) is 19.1 Å². The predicted molar refractivity (Wildman–Crippen MR) is 109 cm³/mol. The molecule has 0 aromatic rings. The first-order chi connectivity index (χ1) is 15.3. The van der Waals surface area contributed by atoms with Crippen LogP contribution < -0.4 is 38.9 Å². The van der Waals surface area contributed by atoms with Gasteiger partial charge in [-0.3, -0.25) is 28.8 Å². The highest BCUT2D eigenvalue weighted by Crippen LogP contribution is 2.03. The molecule has 13 N–H and O–H groups in total. The number of carbonyl (C=O) groups is 7. The minimum absolute atomic E-state index is 0.333. The van der Waals surface area contributed by atoms with E-state index in [1.165, 1.54) is 0 Å². The number of amides is 6. The maximum absolute atomic E-state index is 12.5. The van der Waals surface area contributed by atoms with E-state index < -0.39 is 78.6 Å². The smallest absolute Gasteiger partial charge is 0.326 e. The standard InChI is InChI=1S/C17H29N7O9/c18-7(5-13(21)28)14(29)24-10(6-25)16(31)22-8(1-3-11(19)26)15(30)23-9(17(32)33)2-4-12(20)27/h7-10,25H,1-6,18H2,(H2,19,26)(H2,20,27)(H2,21,28)(H,22,31)(H,23,30)(H,24,29)(H,32,33). The Morgan fingerprint density at radius 1 is 0.667 bits per heavy atom. The molecule has 0 saturated carbocycles. The van der Waals surface area contributed by atoms with Crippen molar-refractivity contribution in [2.45, 2.75) is 56.3 Å². The van der Waals surface area contributed by atoms with E-state index in [0.29, 0.717) is 0 Å². The largest absolute Gasteiger partial charge is 0.480 e. The van der Waals surface area contributed by atoms with Crippen molar-refractivity contribution in [3.8, 4) is 0 Å². The third-order valence-electron chi connectivity index (χ3n) is 4.18. The van der Waals surface area contributed by atoms with Crippen LogP contribution in [0.25, 0.3) is 0 Å². The van der Waals surface area contributed by atoms with Gasteiger partial charge in [0, 0.05) is 12.8 Å². The van der Waals surface area contributed by atoms with Crippen LogP contribution in [-0.4, -0.2) is 82.4 Å². The topological polar surface area (TPSA) is 300 Å². The lowest BCUT2D eigenvalue weighted by atomic mass is 10.1. The summed E-state index contributed by atoms with van der Waals surface area (Å²) in [5, 5.41) is 25.0. The number of aliphatic carboxylic acids is 1. The Labute approximate surface area is 187 Å². The van der Waals surface area contributed by atoms with Crippen molar-refractivity contribution in [1.29, 1.82) is 0 Å². The average molecular weight is 475 g/mol. The first-order valence-corrected chi connectivity index (χ1v) is 9.63. The quantitative estimate of drug-likeness (QED) is 0.102. The number of carboxylic acids is 1. The van der Waals surface area contributed by atoms with Crippen LogP contribution in [0.15, 0.2) is 0 Å². The summed E-state index contributed by atoms with van der Waals surface area (Å²) in [5.74, 6) is -7.08. The van der Waals surface area contributed by atoms with E-state index in [2.05, 4.69) is 16.0 Å². The zero-order chi connectivity index (χ0) is 25.7. The van der Waals surface area contributed by atoms with Gasteiger partial charge in [0.25, 0.3) is 0 Å². The van der Waals surface area contributed by atoms with Gasteiger partial charge in [0.2, 0.25) is 35.4 Å². The zero-order valence-corrected chi connectivity index (χ0v) is 17.6. The fraction of sp³-hybridized carbons (Fsp3) is 0.588. The van der Waals surface area contributed by atoms with Crippen molar-refractivity contribution < 1.29 is 43.8 Å². The van der Waals surface area contributed by atoms with Crippen LogP contribution in [0.2, 0.25) is 0 Å². The molecule has 4 unspecified atom stereocenters. The Hall–Kier alpha value is -3.79. The van der Waals surface area contributed by atoms with Gasteiger partial charge in [-0.05, 0) is 12.8 Å². The lowest BCUT2D eigenvalue weighted by Crippen LogP contribution is -2.58. The number of aliphatic hydroxyl groups is 1. The van der Waals surface area contributed by atoms with E-state index in [4.69, 9.17) is 22.9 Å². The highest BCUT2D eigenvalue weighted by molar-refractivity contribution is 5.95. The van der Waals surface area contributed by atoms with Gasteiger partial charge in [-0.1, -0.05) is 0 Å². The predicted octanol–water partition coefficient (Wildman–Crippen LogP) is -5.75. The summed E-state index contributed by atoms with van der Waals surface area (Å²) in [4.78, 5) is 81.1. The second-order valence-corrected chi connectivity index (χ2v) is 6.99. The normalized spacial score (nSPS) is 14.1. The molecule has 0 bridgehead atoms. The van der Waals surface area contributed by atoms with Gasteiger partial charge >= 0.3 is 5.97 Å². The summed E-state index contributed by atoms with van der Waals surface area (Å²) < 4.78 is 0. The maximum Gasteiger partial charge on any atom is 0.326 e. The van der Waals surface area contributed by atoms with Gasteiger partial charge < -0.3 is 49.1 Å². The summed E-state index contributed by atoms with van der Waals surface area (Å²) in [5.41, 5.74) is 20.4. The third kappa shape index (κ3) is 12.0. The molecule has 33 heavy (non-hydrogen) atoms. The van der Waals surface area contributed by atoms with E-state index in [0.717, 1.165) is 0 Å². The Kier molecular flexibility index (Phi) is 12.7. The van der Waals surface area contributed by atoms with E-state index >= 15 is 0 Å². The number of hydrogen-bond donors (Lipinski definition) is 9. The van der Waals surface area contributed by atoms with E-state index in [1.807, 2.05) is 0 Å². The number of rotatable bonds is 16. The molecule has 0 fully saturated rings. The van der Waals surface area contributed by atoms with Crippen molar-refractivity contribution in [3.05, 3.63) is 0 Å². The molecular weight excluding hydrogens is 446 g/mol. The van der Waals surface area contributed by atoms with Crippen LogP contribution >= 0.6 is 0 Å². The Bertz CT molecular complexity index is 774.